The highest BCUT2D eigenvalue weighted by atomic mass is 15.1. The number of nitrogens with zero attached hydrogens (tertiary/aromatic N) is 5. The minimum Gasteiger partial charge on any atom is -0.307 e. The maximum absolute atomic E-state index is 5.21. The number of para-hydroxylation sites is 1. The second-order valence-corrected chi connectivity index (χ2v) is 15.9. The number of hydrogen-bond acceptors (Lipinski definition) is 3. The van der Waals surface area contributed by atoms with Gasteiger partial charge in [-0.1, -0.05) is 86.6 Å². The molecule has 0 aliphatic carbocycles. The quantitative estimate of drug-likeness (QED) is 0.110. The Hall–Kier alpha value is -4.12. The second kappa shape index (κ2) is 8.97. The topological polar surface area (TPSA) is 47.0 Å². The molecule has 3 aromatic carbocycles. The summed E-state index contributed by atoms with van der Waals surface area (Å²) in [5.41, 5.74) is 9.60. The minimum atomic E-state index is -0.218. The Labute approximate surface area is 260 Å². The molecule has 0 saturated carbocycles. The molecule has 5 nitrogen and oxygen atoms in total. The van der Waals surface area contributed by atoms with Crippen molar-refractivity contribution in [1.82, 2.24) is 19.4 Å². The highest BCUT2D eigenvalue weighted by Crippen LogP contribution is 2.47. The first kappa shape index (κ1) is 28.6. The normalized spacial score (nSPS) is 13.5. The van der Waals surface area contributed by atoms with Gasteiger partial charge in [-0.2, -0.15) is 0 Å². The van der Waals surface area contributed by atoms with Gasteiger partial charge in [0.2, 0.25) is 5.52 Å². The van der Waals surface area contributed by atoms with Crippen LogP contribution in [0.4, 0.5) is 0 Å². The van der Waals surface area contributed by atoms with Gasteiger partial charge in [-0.25, -0.2) is 19.5 Å². The molecule has 44 heavy (non-hydrogen) atoms. The number of benzene rings is 3. The molecule has 5 heteroatoms. The van der Waals surface area contributed by atoms with E-state index in [4.69, 9.17) is 15.0 Å². The largest absolute Gasteiger partial charge is 0.307 e. The molecule has 224 valence electrons. The first-order valence-electron chi connectivity index (χ1n) is 15.8. The molecule has 0 unspecified atom stereocenters. The van der Waals surface area contributed by atoms with Crippen molar-refractivity contribution in [2.75, 3.05) is 0 Å². The number of hydrogen-bond donors (Lipinski definition) is 0. The van der Waals surface area contributed by atoms with E-state index in [-0.39, 0.29) is 16.2 Å². The predicted octanol–water partition coefficient (Wildman–Crippen LogP) is 9.18. The molecular weight excluding hydrogens is 538 g/mol. The monoisotopic (exact) mass is 582 g/mol. The van der Waals surface area contributed by atoms with Crippen LogP contribution < -0.4 is 4.57 Å². The van der Waals surface area contributed by atoms with Gasteiger partial charge < -0.3 is 4.40 Å². The summed E-state index contributed by atoms with van der Waals surface area (Å²) >= 11 is 0. The van der Waals surface area contributed by atoms with E-state index in [1.807, 2.05) is 0 Å². The van der Waals surface area contributed by atoms with Gasteiger partial charge in [0, 0.05) is 33.2 Å². The maximum Gasteiger partial charge on any atom is 0.224 e. The predicted molar refractivity (Wildman–Crippen MR) is 184 cm³/mol. The molecule has 0 amide bonds. The highest BCUT2D eigenvalue weighted by molar-refractivity contribution is 6.30. The standard InChI is InChI=1S/C39H44N5/c1-21-19-26(37(3,4)5)31-28(22(21)2)32-29-23(17-18-43(32)12)20-25(30-24-15-13-14-16-27(24)44(31)33(29)30)34-40-35(38(6,7)8)42-36(41-34)39(9,10)11/h13-20H,1-12H3/q+1. The van der Waals surface area contributed by atoms with E-state index in [2.05, 4.69) is 141 Å². The van der Waals surface area contributed by atoms with Crippen molar-refractivity contribution in [2.24, 2.45) is 7.05 Å². The summed E-state index contributed by atoms with van der Waals surface area (Å²) < 4.78 is 4.88. The van der Waals surface area contributed by atoms with Crippen molar-refractivity contribution in [1.29, 1.82) is 0 Å². The Morgan fingerprint density at radius 3 is 1.93 bits per heavy atom. The van der Waals surface area contributed by atoms with Crippen molar-refractivity contribution in [3.8, 4) is 11.4 Å². The van der Waals surface area contributed by atoms with E-state index in [9.17, 15) is 0 Å². The van der Waals surface area contributed by atoms with Gasteiger partial charge in [-0.05, 0) is 53.5 Å². The third kappa shape index (κ3) is 3.97. The fourth-order valence-corrected chi connectivity index (χ4v) is 6.88. The van der Waals surface area contributed by atoms with Crippen LogP contribution in [0, 0.1) is 13.8 Å². The molecule has 0 atom stereocenters. The van der Waals surface area contributed by atoms with Crippen LogP contribution in [0.2, 0.25) is 0 Å². The average molecular weight is 583 g/mol. The smallest absolute Gasteiger partial charge is 0.224 e. The number of aromatic nitrogens is 5. The summed E-state index contributed by atoms with van der Waals surface area (Å²) in [6, 6.07) is 15.9. The third-order valence-corrected chi connectivity index (χ3v) is 9.34. The van der Waals surface area contributed by atoms with E-state index < -0.39 is 0 Å². The van der Waals surface area contributed by atoms with Gasteiger partial charge in [0.15, 0.2) is 12.0 Å². The Morgan fingerprint density at radius 2 is 1.32 bits per heavy atom. The Morgan fingerprint density at radius 1 is 0.682 bits per heavy atom. The Kier molecular flexibility index (Phi) is 5.84. The van der Waals surface area contributed by atoms with Gasteiger partial charge in [-0.15, -0.1) is 0 Å². The number of rotatable bonds is 1. The molecule has 0 radical (unpaired) electrons. The lowest BCUT2D eigenvalue weighted by Gasteiger charge is -2.25. The van der Waals surface area contributed by atoms with Gasteiger partial charge in [0.1, 0.15) is 18.7 Å². The molecule has 4 aromatic heterocycles. The lowest BCUT2D eigenvalue weighted by molar-refractivity contribution is -0.643. The minimum absolute atomic E-state index is 0.0563. The van der Waals surface area contributed by atoms with E-state index >= 15 is 0 Å². The van der Waals surface area contributed by atoms with Crippen LogP contribution in [0.25, 0.3) is 60.4 Å². The van der Waals surface area contributed by atoms with Crippen LogP contribution in [0.5, 0.6) is 0 Å². The zero-order valence-electron chi connectivity index (χ0n) is 28.4. The van der Waals surface area contributed by atoms with Crippen molar-refractivity contribution in [2.45, 2.75) is 92.4 Å². The number of fused-ring (bicyclic) bond motifs is 6. The summed E-state index contributed by atoms with van der Waals surface area (Å²) in [6.07, 6.45) is 2.21. The lowest BCUT2D eigenvalue weighted by atomic mass is 9.82. The molecule has 0 aliphatic rings. The van der Waals surface area contributed by atoms with Crippen LogP contribution in [-0.2, 0) is 23.3 Å². The molecule has 0 saturated heterocycles. The summed E-state index contributed by atoms with van der Waals surface area (Å²) in [5.74, 6) is 2.39. The molecule has 4 heterocycles. The first-order valence-corrected chi connectivity index (χ1v) is 15.8. The summed E-state index contributed by atoms with van der Waals surface area (Å²) in [4.78, 5) is 15.4. The van der Waals surface area contributed by atoms with Gasteiger partial charge in [0.25, 0.3) is 0 Å². The van der Waals surface area contributed by atoms with Crippen LogP contribution >= 0.6 is 0 Å². The van der Waals surface area contributed by atoms with Crippen molar-refractivity contribution in [3.05, 3.63) is 77.0 Å². The first-order chi connectivity index (χ1) is 20.5. The Bertz CT molecular complexity index is 2270. The lowest BCUT2D eigenvalue weighted by Crippen LogP contribution is -2.29. The second-order valence-electron chi connectivity index (χ2n) is 15.9. The summed E-state index contributed by atoms with van der Waals surface area (Å²) in [7, 11) is 2.19. The zero-order chi connectivity index (χ0) is 31.7. The summed E-state index contributed by atoms with van der Waals surface area (Å²) in [6.45, 7) is 24.6. The zero-order valence-corrected chi connectivity index (χ0v) is 28.4. The van der Waals surface area contributed by atoms with E-state index in [1.165, 1.54) is 65.7 Å². The fourth-order valence-electron chi connectivity index (χ4n) is 6.88. The molecule has 0 spiro atoms. The summed E-state index contributed by atoms with van der Waals surface area (Å²) in [5, 5.41) is 6.24. The van der Waals surface area contributed by atoms with Crippen molar-refractivity contribution >= 4 is 49.0 Å². The van der Waals surface area contributed by atoms with Crippen LogP contribution in [0.1, 0.15) is 90.7 Å². The van der Waals surface area contributed by atoms with Crippen LogP contribution in [-0.4, -0.2) is 19.4 Å². The van der Waals surface area contributed by atoms with E-state index in [1.54, 1.807) is 0 Å². The van der Waals surface area contributed by atoms with E-state index in [0.717, 1.165) is 23.0 Å². The molecular formula is C39H44N5+. The number of pyridine rings is 2. The molecule has 0 aliphatic heterocycles. The van der Waals surface area contributed by atoms with Gasteiger partial charge >= 0.3 is 0 Å². The van der Waals surface area contributed by atoms with Gasteiger partial charge in [0.05, 0.1) is 27.3 Å². The van der Waals surface area contributed by atoms with Gasteiger partial charge in [-0.3, -0.25) is 0 Å². The van der Waals surface area contributed by atoms with Crippen LogP contribution in [0.3, 0.4) is 0 Å². The molecule has 0 fully saturated rings. The van der Waals surface area contributed by atoms with Crippen LogP contribution in [0.15, 0.2) is 48.7 Å². The fraction of sp³-hybridized carbons (Fsp3) is 0.385. The van der Waals surface area contributed by atoms with E-state index in [0.29, 0.717) is 0 Å². The third-order valence-electron chi connectivity index (χ3n) is 9.34. The highest BCUT2D eigenvalue weighted by Gasteiger charge is 2.32. The molecule has 0 N–H and O–H groups in total. The molecule has 0 bridgehead atoms. The molecule has 7 aromatic rings. The van der Waals surface area contributed by atoms with Crippen molar-refractivity contribution < 1.29 is 4.57 Å². The SMILES string of the molecule is Cc1cc(C(C)(C)C)c2c(c1C)c1c3c(cc[n+]1C)cc(-c1nc(C(C)(C)C)nc(C(C)(C)C)n1)c1c4ccccc4n2c13. The molecule has 7 rings (SSSR count). The maximum atomic E-state index is 5.21. The average Bonchev–Trinajstić information content (AvgIpc) is 3.28. The number of aryl methyl sites for hydroxylation is 3. The van der Waals surface area contributed by atoms with Crippen molar-refractivity contribution in [3.63, 3.8) is 0 Å². The Balaban J connectivity index is 1.82.